The van der Waals surface area contributed by atoms with Gasteiger partial charge in [-0.1, -0.05) is 0 Å². The van der Waals surface area contributed by atoms with Crippen molar-refractivity contribution in [2.75, 3.05) is 39.5 Å². The fraction of sp³-hybridized carbons (Fsp3) is 0.600. The molecule has 6 nitrogen and oxygen atoms in total. The van der Waals surface area contributed by atoms with Crippen molar-refractivity contribution in [3.63, 3.8) is 0 Å². The molecule has 6 heteroatoms. The van der Waals surface area contributed by atoms with Crippen LogP contribution in [0.15, 0.2) is 6.33 Å². The van der Waals surface area contributed by atoms with Crippen LogP contribution >= 0.6 is 0 Å². The molecule has 1 fully saturated rings. The molecule has 0 aliphatic carbocycles. The molecule has 0 saturated carbocycles. The minimum Gasteiger partial charge on any atom is -0.383 e. The van der Waals surface area contributed by atoms with E-state index >= 15 is 0 Å². The number of nitrogen functional groups attached to an aromatic ring is 1. The van der Waals surface area contributed by atoms with Crippen molar-refractivity contribution in [2.24, 2.45) is 0 Å². The molecule has 0 bridgehead atoms. The van der Waals surface area contributed by atoms with Crippen molar-refractivity contribution in [1.29, 1.82) is 0 Å². The summed E-state index contributed by atoms with van der Waals surface area (Å²) in [4.78, 5) is 13.4. The van der Waals surface area contributed by atoms with E-state index in [1.807, 2.05) is 0 Å². The molecular formula is C15H24N6. The summed E-state index contributed by atoms with van der Waals surface area (Å²) in [5, 5.41) is 1.00. The highest BCUT2D eigenvalue weighted by atomic mass is 15.3. The van der Waals surface area contributed by atoms with E-state index in [1.54, 1.807) is 6.33 Å². The third kappa shape index (κ3) is 2.38. The first kappa shape index (κ1) is 14.3. The van der Waals surface area contributed by atoms with Crippen molar-refractivity contribution < 1.29 is 0 Å². The van der Waals surface area contributed by atoms with Gasteiger partial charge in [0, 0.05) is 37.9 Å². The summed E-state index contributed by atoms with van der Waals surface area (Å²) in [6, 6.07) is 0.494. The first-order valence-electron chi connectivity index (χ1n) is 7.43. The maximum absolute atomic E-state index is 6.04. The van der Waals surface area contributed by atoms with E-state index in [9.17, 15) is 0 Å². The number of likely N-dealkylation sites (N-methyl/N-ethyl adjacent to an activating group) is 2. The van der Waals surface area contributed by atoms with Gasteiger partial charge < -0.3 is 15.2 Å². The van der Waals surface area contributed by atoms with Gasteiger partial charge in [0.1, 0.15) is 17.8 Å². The van der Waals surface area contributed by atoms with Crippen molar-refractivity contribution in [2.45, 2.75) is 26.4 Å². The van der Waals surface area contributed by atoms with Gasteiger partial charge in [0.15, 0.2) is 0 Å². The maximum atomic E-state index is 6.04. The summed E-state index contributed by atoms with van der Waals surface area (Å²) in [5.74, 6) is 0.577. The molecule has 1 atom stereocenters. The molecule has 0 aromatic carbocycles. The third-order valence-corrected chi connectivity index (χ3v) is 4.81. The van der Waals surface area contributed by atoms with Gasteiger partial charge in [-0.05, 0) is 33.5 Å². The highest BCUT2D eigenvalue weighted by Gasteiger charge is 2.25. The smallest absolute Gasteiger partial charge is 0.146 e. The Labute approximate surface area is 125 Å². The highest BCUT2D eigenvalue weighted by Crippen LogP contribution is 2.27. The minimum atomic E-state index is 0.494. The zero-order valence-corrected chi connectivity index (χ0v) is 13.3. The molecule has 2 aromatic heterocycles. The lowest BCUT2D eigenvalue weighted by molar-refractivity contribution is 0.103. The fourth-order valence-corrected chi connectivity index (χ4v) is 3.23. The van der Waals surface area contributed by atoms with Crippen LogP contribution in [0.5, 0.6) is 0 Å². The Kier molecular flexibility index (Phi) is 3.59. The summed E-state index contributed by atoms with van der Waals surface area (Å²) in [7, 11) is 4.39. The largest absolute Gasteiger partial charge is 0.383 e. The molecule has 1 aliphatic rings. The first-order valence-corrected chi connectivity index (χ1v) is 7.43. The van der Waals surface area contributed by atoms with Crippen LogP contribution in [-0.4, -0.2) is 64.1 Å². The standard InChI is InChI=1S/C15H24N6/c1-10-11(2)21(15-13(10)14(16)17-9-18-15)8-12-7-19(3)5-6-20(12)4/h9,12H,5-8H2,1-4H3,(H2,16,17,18). The molecule has 3 heterocycles. The number of fused-ring (bicyclic) bond motifs is 1. The van der Waals surface area contributed by atoms with Crippen LogP contribution in [-0.2, 0) is 6.54 Å². The molecular weight excluding hydrogens is 264 g/mol. The van der Waals surface area contributed by atoms with Gasteiger partial charge in [0.05, 0.1) is 5.39 Å². The number of hydrogen-bond acceptors (Lipinski definition) is 5. The number of hydrogen-bond donors (Lipinski definition) is 1. The predicted molar refractivity (Wildman–Crippen MR) is 85.3 cm³/mol. The Hall–Kier alpha value is -1.66. The lowest BCUT2D eigenvalue weighted by atomic mass is 10.2. The van der Waals surface area contributed by atoms with Gasteiger partial charge in [-0.3, -0.25) is 4.90 Å². The van der Waals surface area contributed by atoms with Gasteiger partial charge >= 0.3 is 0 Å². The van der Waals surface area contributed by atoms with Crippen LogP contribution in [0.2, 0.25) is 0 Å². The Bertz CT molecular complexity index is 662. The molecule has 2 aromatic rings. The quantitative estimate of drug-likeness (QED) is 0.888. The lowest BCUT2D eigenvalue weighted by Gasteiger charge is -2.38. The van der Waals surface area contributed by atoms with Gasteiger partial charge in [0.2, 0.25) is 0 Å². The van der Waals surface area contributed by atoms with Crippen LogP contribution in [0, 0.1) is 13.8 Å². The second-order valence-corrected chi connectivity index (χ2v) is 6.18. The van der Waals surface area contributed by atoms with E-state index in [0.29, 0.717) is 11.9 Å². The normalized spacial score (nSPS) is 21.2. The molecule has 0 radical (unpaired) electrons. The van der Waals surface area contributed by atoms with Crippen molar-refractivity contribution in [3.05, 3.63) is 17.6 Å². The summed E-state index contributed by atoms with van der Waals surface area (Å²) in [6.45, 7) is 8.50. The fourth-order valence-electron chi connectivity index (χ4n) is 3.23. The number of piperazine rings is 1. The van der Waals surface area contributed by atoms with E-state index < -0.39 is 0 Å². The zero-order chi connectivity index (χ0) is 15.1. The molecule has 0 amide bonds. The van der Waals surface area contributed by atoms with Crippen LogP contribution in [0.3, 0.4) is 0 Å². The van der Waals surface area contributed by atoms with Gasteiger partial charge in [-0.2, -0.15) is 0 Å². The summed E-state index contributed by atoms with van der Waals surface area (Å²) in [5.41, 5.74) is 9.42. The van der Waals surface area contributed by atoms with Gasteiger partial charge in [0.25, 0.3) is 0 Å². The number of aryl methyl sites for hydroxylation is 1. The third-order valence-electron chi connectivity index (χ3n) is 4.81. The summed E-state index contributed by atoms with van der Waals surface area (Å²) >= 11 is 0. The lowest BCUT2D eigenvalue weighted by Crippen LogP contribution is -2.51. The molecule has 114 valence electrons. The average Bonchev–Trinajstić information content (AvgIpc) is 2.69. The van der Waals surface area contributed by atoms with Crippen molar-refractivity contribution in [3.8, 4) is 0 Å². The van der Waals surface area contributed by atoms with Gasteiger partial charge in [-0.15, -0.1) is 0 Å². The number of aromatic nitrogens is 3. The minimum absolute atomic E-state index is 0.494. The number of nitrogens with two attached hydrogens (primary N) is 1. The molecule has 2 N–H and O–H groups in total. The Balaban J connectivity index is 2.01. The SMILES string of the molecule is Cc1c(C)n(CC2CN(C)CCN2C)c2ncnc(N)c12. The first-order chi connectivity index (χ1) is 9.99. The zero-order valence-electron chi connectivity index (χ0n) is 13.3. The number of anilines is 1. The van der Waals surface area contributed by atoms with Crippen molar-refractivity contribution >= 4 is 16.9 Å². The summed E-state index contributed by atoms with van der Waals surface area (Å²) < 4.78 is 2.29. The van der Waals surface area contributed by atoms with Gasteiger partial charge in [-0.25, -0.2) is 9.97 Å². The average molecular weight is 288 g/mol. The molecule has 3 rings (SSSR count). The number of rotatable bonds is 2. The predicted octanol–water partition coefficient (Wildman–Crippen LogP) is 0.876. The van der Waals surface area contributed by atoms with E-state index in [1.165, 1.54) is 11.3 Å². The Morgan fingerprint density at radius 1 is 1.24 bits per heavy atom. The van der Waals surface area contributed by atoms with Crippen LogP contribution < -0.4 is 5.73 Å². The van der Waals surface area contributed by atoms with E-state index in [0.717, 1.165) is 37.2 Å². The van der Waals surface area contributed by atoms with Crippen LogP contribution in [0.1, 0.15) is 11.3 Å². The summed E-state index contributed by atoms with van der Waals surface area (Å²) in [6.07, 6.45) is 1.56. The monoisotopic (exact) mass is 288 g/mol. The molecule has 21 heavy (non-hydrogen) atoms. The molecule has 1 unspecified atom stereocenters. The Morgan fingerprint density at radius 3 is 2.76 bits per heavy atom. The van der Waals surface area contributed by atoms with Crippen LogP contribution in [0.4, 0.5) is 5.82 Å². The number of nitrogens with zero attached hydrogens (tertiary/aromatic N) is 5. The topological polar surface area (TPSA) is 63.2 Å². The van der Waals surface area contributed by atoms with E-state index in [-0.39, 0.29) is 0 Å². The highest BCUT2D eigenvalue weighted by molar-refractivity contribution is 5.90. The molecule has 0 spiro atoms. The Morgan fingerprint density at radius 2 is 2.00 bits per heavy atom. The second kappa shape index (κ2) is 5.27. The van der Waals surface area contributed by atoms with E-state index in [4.69, 9.17) is 5.73 Å². The van der Waals surface area contributed by atoms with E-state index in [2.05, 4.69) is 52.3 Å². The maximum Gasteiger partial charge on any atom is 0.146 e. The molecule has 1 aliphatic heterocycles. The molecule has 1 saturated heterocycles. The van der Waals surface area contributed by atoms with Crippen LogP contribution in [0.25, 0.3) is 11.0 Å². The second-order valence-electron chi connectivity index (χ2n) is 6.18. The van der Waals surface area contributed by atoms with Crippen molar-refractivity contribution in [1.82, 2.24) is 24.3 Å².